The largest absolute Gasteiger partial charge is 0.491 e. The van der Waals surface area contributed by atoms with Crippen molar-refractivity contribution in [3.05, 3.63) is 59.4 Å². The highest BCUT2D eigenvalue weighted by Gasteiger charge is 2.22. The van der Waals surface area contributed by atoms with E-state index in [9.17, 15) is 9.50 Å². The summed E-state index contributed by atoms with van der Waals surface area (Å²) >= 11 is 0. The molecule has 2 aromatic carbocycles. The predicted molar refractivity (Wildman–Crippen MR) is 112 cm³/mol. The number of aliphatic hydroxyl groups is 1. The third kappa shape index (κ3) is 6.70. The number of piperazine rings is 1. The Bertz CT molecular complexity index is 761. The Labute approximate surface area is 172 Å². The van der Waals surface area contributed by atoms with Crippen molar-refractivity contribution >= 4 is 5.69 Å². The lowest BCUT2D eigenvalue weighted by Crippen LogP contribution is -3.16. The number of aryl methyl sites for hydroxylation is 2. The number of anilines is 1. The van der Waals surface area contributed by atoms with Gasteiger partial charge in [-0.05, 0) is 61.4 Å². The molecule has 1 heterocycles. The molecule has 0 aliphatic carbocycles. The number of hydrogen-bond acceptors (Lipinski definition) is 4. The highest BCUT2D eigenvalue weighted by molar-refractivity contribution is 5.46. The second-order valence-electron chi connectivity index (χ2n) is 7.74. The molecular weight excluding hydrogens is 371 g/mol. The standard InChI is InChI=1S/C23H31FN2O3/c1-18-3-8-23(15-19(18)2)29-14-13-28-17-22(27)16-25-9-11-26(12-10-25)21-6-4-20(24)5-7-21/h3-8,15,22,27H,9-14,16-17H2,1-2H3/p+1/t22-/m1/s1. The van der Waals surface area contributed by atoms with Gasteiger partial charge in [-0.25, -0.2) is 4.39 Å². The minimum Gasteiger partial charge on any atom is -0.491 e. The van der Waals surface area contributed by atoms with Crippen LogP contribution in [0.15, 0.2) is 42.5 Å². The fourth-order valence-electron chi connectivity index (χ4n) is 3.57. The fourth-order valence-corrected chi connectivity index (χ4v) is 3.57. The first kappa shape index (κ1) is 21.6. The van der Waals surface area contributed by atoms with E-state index in [4.69, 9.17) is 9.47 Å². The van der Waals surface area contributed by atoms with E-state index in [0.29, 0.717) is 26.4 Å². The number of nitrogens with zero attached hydrogens (tertiary/aromatic N) is 1. The van der Waals surface area contributed by atoms with Crippen LogP contribution in [0.2, 0.25) is 0 Å². The molecule has 29 heavy (non-hydrogen) atoms. The zero-order valence-electron chi connectivity index (χ0n) is 17.4. The first-order valence-corrected chi connectivity index (χ1v) is 10.3. The van der Waals surface area contributed by atoms with Gasteiger partial charge in [0.2, 0.25) is 0 Å². The van der Waals surface area contributed by atoms with Crippen molar-refractivity contribution in [2.24, 2.45) is 0 Å². The Morgan fingerprint density at radius 2 is 1.76 bits per heavy atom. The van der Waals surface area contributed by atoms with Gasteiger partial charge < -0.3 is 24.4 Å². The average Bonchev–Trinajstić information content (AvgIpc) is 2.71. The Hall–Kier alpha value is -2.15. The summed E-state index contributed by atoms with van der Waals surface area (Å²) in [5.41, 5.74) is 3.51. The van der Waals surface area contributed by atoms with Crippen molar-refractivity contribution in [3.8, 4) is 5.75 Å². The van der Waals surface area contributed by atoms with Crippen LogP contribution >= 0.6 is 0 Å². The summed E-state index contributed by atoms with van der Waals surface area (Å²) in [4.78, 5) is 3.63. The minimum absolute atomic E-state index is 0.208. The monoisotopic (exact) mass is 403 g/mol. The number of hydrogen-bond donors (Lipinski definition) is 2. The lowest BCUT2D eigenvalue weighted by atomic mass is 10.1. The van der Waals surface area contributed by atoms with E-state index in [1.54, 1.807) is 0 Å². The van der Waals surface area contributed by atoms with E-state index >= 15 is 0 Å². The minimum atomic E-state index is -0.482. The molecule has 2 aromatic rings. The van der Waals surface area contributed by atoms with Gasteiger partial charge in [-0.2, -0.15) is 0 Å². The van der Waals surface area contributed by atoms with Gasteiger partial charge in [0.15, 0.2) is 0 Å². The summed E-state index contributed by atoms with van der Waals surface area (Å²) in [6.45, 7) is 9.77. The average molecular weight is 404 g/mol. The van der Waals surface area contributed by atoms with E-state index in [2.05, 4.69) is 18.7 Å². The number of ether oxygens (including phenoxy) is 2. The number of halogens is 1. The fraction of sp³-hybridized carbons (Fsp3) is 0.478. The second kappa shape index (κ2) is 10.6. The Kier molecular flexibility index (Phi) is 7.86. The van der Waals surface area contributed by atoms with Crippen LogP contribution in [0.1, 0.15) is 11.1 Å². The molecule has 0 unspecified atom stereocenters. The van der Waals surface area contributed by atoms with Gasteiger partial charge >= 0.3 is 0 Å². The maximum Gasteiger partial charge on any atom is 0.126 e. The maximum atomic E-state index is 13.1. The summed E-state index contributed by atoms with van der Waals surface area (Å²) < 4.78 is 24.3. The summed E-state index contributed by atoms with van der Waals surface area (Å²) in [7, 11) is 0. The van der Waals surface area contributed by atoms with Crippen molar-refractivity contribution in [1.29, 1.82) is 0 Å². The van der Waals surface area contributed by atoms with Crippen molar-refractivity contribution in [2.75, 3.05) is 57.4 Å². The molecule has 0 radical (unpaired) electrons. The van der Waals surface area contributed by atoms with Crippen LogP contribution in [0.25, 0.3) is 0 Å². The third-order valence-electron chi connectivity index (χ3n) is 5.47. The maximum absolute atomic E-state index is 13.1. The molecule has 0 amide bonds. The summed E-state index contributed by atoms with van der Waals surface area (Å²) in [6, 6.07) is 12.7. The Morgan fingerprint density at radius 3 is 2.45 bits per heavy atom. The van der Waals surface area contributed by atoms with Crippen molar-refractivity contribution in [2.45, 2.75) is 20.0 Å². The van der Waals surface area contributed by atoms with E-state index in [-0.39, 0.29) is 5.82 Å². The molecule has 3 rings (SSSR count). The molecular formula is C23H32FN2O3+. The van der Waals surface area contributed by atoms with Crippen LogP contribution in [-0.4, -0.2) is 63.8 Å². The van der Waals surface area contributed by atoms with E-state index in [0.717, 1.165) is 37.6 Å². The highest BCUT2D eigenvalue weighted by Crippen LogP contribution is 2.16. The highest BCUT2D eigenvalue weighted by atomic mass is 19.1. The molecule has 1 saturated heterocycles. The van der Waals surface area contributed by atoms with Gasteiger partial charge in [-0.1, -0.05) is 6.07 Å². The first-order chi connectivity index (χ1) is 14.0. The number of aliphatic hydroxyl groups excluding tert-OH is 1. The normalized spacial score (nSPS) is 16.1. The molecule has 0 aromatic heterocycles. The molecule has 1 atom stereocenters. The van der Waals surface area contributed by atoms with Crippen LogP contribution in [0.4, 0.5) is 10.1 Å². The Morgan fingerprint density at radius 1 is 1.03 bits per heavy atom. The van der Waals surface area contributed by atoms with Crippen LogP contribution in [0, 0.1) is 19.7 Å². The van der Waals surface area contributed by atoms with Gasteiger partial charge in [-0.15, -0.1) is 0 Å². The molecule has 158 valence electrons. The quantitative estimate of drug-likeness (QED) is 0.625. The summed E-state index contributed by atoms with van der Waals surface area (Å²) in [5, 5.41) is 10.3. The van der Waals surface area contributed by atoms with Crippen LogP contribution in [0.5, 0.6) is 5.75 Å². The lowest BCUT2D eigenvalue weighted by Gasteiger charge is -2.34. The van der Waals surface area contributed by atoms with E-state index in [1.807, 2.05) is 30.3 Å². The number of nitrogens with one attached hydrogen (secondary N) is 1. The molecule has 0 spiro atoms. The molecule has 2 N–H and O–H groups in total. The lowest BCUT2D eigenvalue weighted by molar-refractivity contribution is -0.903. The van der Waals surface area contributed by atoms with Crippen molar-refractivity contribution < 1.29 is 23.9 Å². The van der Waals surface area contributed by atoms with Gasteiger partial charge in [-0.3, -0.25) is 0 Å². The van der Waals surface area contributed by atoms with E-state index < -0.39 is 6.10 Å². The molecule has 1 aliphatic rings. The molecule has 0 saturated carbocycles. The van der Waals surface area contributed by atoms with E-state index in [1.165, 1.54) is 28.2 Å². The number of benzene rings is 2. The summed E-state index contributed by atoms with van der Waals surface area (Å²) in [6.07, 6.45) is -0.482. The van der Waals surface area contributed by atoms with Crippen LogP contribution < -0.4 is 14.5 Å². The molecule has 5 nitrogen and oxygen atoms in total. The molecule has 1 fully saturated rings. The smallest absolute Gasteiger partial charge is 0.126 e. The molecule has 6 heteroatoms. The topological polar surface area (TPSA) is 46.4 Å². The molecule has 0 bridgehead atoms. The molecule has 1 aliphatic heterocycles. The predicted octanol–water partition coefficient (Wildman–Crippen LogP) is 1.60. The van der Waals surface area contributed by atoms with Gasteiger partial charge in [0, 0.05) is 5.69 Å². The SMILES string of the molecule is Cc1ccc(OCCOC[C@H](O)C[NH+]2CCN(c3ccc(F)cc3)CC2)cc1C. The second-order valence-corrected chi connectivity index (χ2v) is 7.74. The summed E-state index contributed by atoms with van der Waals surface area (Å²) in [5.74, 6) is 0.640. The van der Waals surface area contributed by atoms with Gasteiger partial charge in [0.05, 0.1) is 39.4 Å². The first-order valence-electron chi connectivity index (χ1n) is 10.3. The van der Waals surface area contributed by atoms with Crippen molar-refractivity contribution in [3.63, 3.8) is 0 Å². The number of quaternary nitrogens is 1. The van der Waals surface area contributed by atoms with Crippen LogP contribution in [-0.2, 0) is 4.74 Å². The zero-order valence-corrected chi connectivity index (χ0v) is 17.4. The van der Waals surface area contributed by atoms with Gasteiger partial charge in [0.25, 0.3) is 0 Å². The van der Waals surface area contributed by atoms with Crippen LogP contribution in [0.3, 0.4) is 0 Å². The Balaban J connectivity index is 1.28. The zero-order chi connectivity index (χ0) is 20.6. The van der Waals surface area contributed by atoms with Crippen molar-refractivity contribution in [1.82, 2.24) is 0 Å². The third-order valence-corrected chi connectivity index (χ3v) is 5.47. The van der Waals surface area contributed by atoms with Gasteiger partial charge in [0.1, 0.15) is 30.8 Å². The number of rotatable bonds is 9.